The van der Waals surface area contributed by atoms with E-state index in [1.807, 2.05) is 36.4 Å². The lowest BCUT2D eigenvalue weighted by Crippen LogP contribution is -2.23. The first-order chi connectivity index (χ1) is 14.8. The second-order valence-corrected chi connectivity index (χ2v) is 8.58. The van der Waals surface area contributed by atoms with Gasteiger partial charge in [-0.05, 0) is 75.9 Å². The standard InChI is InChI=1S/C25H30N2O3/c28-25-20-9-8-19(29-14-10-17-4-2-12-26-17)16-22(20)24-21(25)6-1-7-23(24)30-15-11-18-5-3-13-27-18/h1,6-9,16-18,26-27H,2-5,10-15H2. The van der Waals surface area contributed by atoms with Gasteiger partial charge in [-0.3, -0.25) is 4.79 Å². The second kappa shape index (κ2) is 8.78. The fourth-order valence-electron chi connectivity index (χ4n) is 4.92. The number of ether oxygens (including phenoxy) is 2. The van der Waals surface area contributed by atoms with Crippen LogP contribution in [0.25, 0.3) is 11.1 Å². The van der Waals surface area contributed by atoms with Gasteiger partial charge in [0.05, 0.1) is 13.2 Å². The van der Waals surface area contributed by atoms with Gasteiger partial charge < -0.3 is 20.1 Å². The van der Waals surface area contributed by atoms with Crippen LogP contribution in [0.1, 0.15) is 54.4 Å². The smallest absolute Gasteiger partial charge is 0.194 e. The monoisotopic (exact) mass is 406 g/mol. The lowest BCUT2D eigenvalue weighted by Gasteiger charge is -2.15. The normalized spacial score (nSPS) is 22.2. The molecule has 3 aliphatic rings. The Kier molecular flexibility index (Phi) is 5.73. The average Bonchev–Trinajstić information content (AvgIpc) is 3.51. The van der Waals surface area contributed by atoms with Gasteiger partial charge in [0.25, 0.3) is 0 Å². The molecule has 2 unspecified atom stereocenters. The van der Waals surface area contributed by atoms with E-state index >= 15 is 0 Å². The van der Waals surface area contributed by atoms with Gasteiger partial charge in [-0.2, -0.15) is 0 Å². The lowest BCUT2D eigenvalue weighted by atomic mass is 10.0. The van der Waals surface area contributed by atoms with E-state index in [1.165, 1.54) is 25.7 Å². The summed E-state index contributed by atoms with van der Waals surface area (Å²) in [6.45, 7) is 3.56. The molecule has 2 aromatic carbocycles. The molecule has 5 heteroatoms. The van der Waals surface area contributed by atoms with E-state index in [9.17, 15) is 4.79 Å². The van der Waals surface area contributed by atoms with Crippen LogP contribution >= 0.6 is 0 Å². The van der Waals surface area contributed by atoms with Gasteiger partial charge in [-0.1, -0.05) is 12.1 Å². The van der Waals surface area contributed by atoms with Crippen LogP contribution in [-0.4, -0.2) is 44.2 Å². The summed E-state index contributed by atoms with van der Waals surface area (Å²) in [5.74, 6) is 1.69. The van der Waals surface area contributed by atoms with Crippen molar-refractivity contribution in [1.82, 2.24) is 10.6 Å². The van der Waals surface area contributed by atoms with E-state index in [4.69, 9.17) is 9.47 Å². The fourth-order valence-corrected chi connectivity index (χ4v) is 4.92. The molecule has 0 bridgehead atoms. The van der Waals surface area contributed by atoms with E-state index in [0.29, 0.717) is 25.3 Å². The van der Waals surface area contributed by atoms with E-state index in [0.717, 1.165) is 59.7 Å². The molecule has 0 saturated carbocycles. The third-order valence-corrected chi connectivity index (χ3v) is 6.56. The Bertz CT molecular complexity index is 915. The number of hydrogen-bond donors (Lipinski definition) is 2. The largest absolute Gasteiger partial charge is 0.494 e. The molecule has 30 heavy (non-hydrogen) atoms. The van der Waals surface area contributed by atoms with Crippen molar-refractivity contribution in [2.24, 2.45) is 0 Å². The Morgan fingerprint density at radius 1 is 0.833 bits per heavy atom. The third kappa shape index (κ3) is 3.96. The van der Waals surface area contributed by atoms with Gasteiger partial charge in [-0.15, -0.1) is 0 Å². The molecule has 2 saturated heterocycles. The van der Waals surface area contributed by atoms with Crippen LogP contribution in [0.2, 0.25) is 0 Å². The molecule has 1 aliphatic carbocycles. The molecule has 2 atom stereocenters. The summed E-state index contributed by atoms with van der Waals surface area (Å²) in [5.41, 5.74) is 3.32. The predicted octanol–water partition coefficient (Wildman–Crippen LogP) is 3.94. The number of carbonyl (C=O) groups is 1. The summed E-state index contributed by atoms with van der Waals surface area (Å²) in [7, 11) is 0. The first-order valence-corrected chi connectivity index (χ1v) is 11.3. The number of carbonyl (C=O) groups excluding carboxylic acids is 1. The summed E-state index contributed by atoms with van der Waals surface area (Å²) >= 11 is 0. The predicted molar refractivity (Wildman–Crippen MR) is 118 cm³/mol. The Morgan fingerprint density at radius 3 is 2.27 bits per heavy atom. The zero-order valence-electron chi connectivity index (χ0n) is 17.4. The minimum absolute atomic E-state index is 0.0737. The van der Waals surface area contributed by atoms with Gasteiger partial charge in [0.1, 0.15) is 11.5 Å². The molecule has 2 aliphatic heterocycles. The van der Waals surface area contributed by atoms with E-state index in [1.54, 1.807) is 0 Å². The van der Waals surface area contributed by atoms with Crippen LogP contribution in [0.3, 0.4) is 0 Å². The summed E-state index contributed by atoms with van der Waals surface area (Å²) in [6.07, 6.45) is 6.94. The van der Waals surface area contributed by atoms with Gasteiger partial charge in [-0.25, -0.2) is 0 Å². The first kappa shape index (κ1) is 19.6. The third-order valence-electron chi connectivity index (χ3n) is 6.56. The Balaban J connectivity index is 1.31. The summed E-state index contributed by atoms with van der Waals surface area (Å²) in [5, 5.41) is 7.01. The molecule has 158 valence electrons. The van der Waals surface area contributed by atoms with Crippen LogP contribution in [0.4, 0.5) is 0 Å². The minimum Gasteiger partial charge on any atom is -0.494 e. The van der Waals surface area contributed by atoms with Crippen molar-refractivity contribution in [3.8, 4) is 22.6 Å². The molecule has 5 nitrogen and oxygen atoms in total. The van der Waals surface area contributed by atoms with E-state index in [2.05, 4.69) is 10.6 Å². The lowest BCUT2D eigenvalue weighted by molar-refractivity contribution is 0.104. The number of nitrogens with one attached hydrogen (secondary N) is 2. The number of benzene rings is 2. The molecule has 2 fully saturated rings. The van der Waals surface area contributed by atoms with Crippen LogP contribution in [0, 0.1) is 0 Å². The Morgan fingerprint density at radius 2 is 1.57 bits per heavy atom. The molecule has 0 amide bonds. The van der Waals surface area contributed by atoms with Crippen molar-refractivity contribution in [3.05, 3.63) is 47.5 Å². The SMILES string of the molecule is O=C1c2ccc(OCCC3CCCN3)cc2-c2c(OCCC3CCCN3)cccc21. The van der Waals surface area contributed by atoms with Crippen molar-refractivity contribution in [2.75, 3.05) is 26.3 Å². The average molecular weight is 407 g/mol. The highest BCUT2D eigenvalue weighted by atomic mass is 16.5. The molecule has 5 rings (SSSR count). The first-order valence-electron chi connectivity index (χ1n) is 11.3. The van der Waals surface area contributed by atoms with Crippen LogP contribution in [0.5, 0.6) is 11.5 Å². The highest BCUT2D eigenvalue weighted by molar-refractivity contribution is 6.22. The van der Waals surface area contributed by atoms with Crippen molar-refractivity contribution in [2.45, 2.75) is 50.6 Å². The molecule has 0 aromatic heterocycles. The van der Waals surface area contributed by atoms with Crippen molar-refractivity contribution >= 4 is 5.78 Å². The summed E-state index contributed by atoms with van der Waals surface area (Å²) < 4.78 is 12.2. The fraction of sp³-hybridized carbons (Fsp3) is 0.480. The molecule has 2 aromatic rings. The summed E-state index contributed by atoms with van der Waals surface area (Å²) in [4.78, 5) is 12.9. The molecule has 0 spiro atoms. The van der Waals surface area contributed by atoms with Gasteiger partial charge >= 0.3 is 0 Å². The van der Waals surface area contributed by atoms with E-state index < -0.39 is 0 Å². The zero-order chi connectivity index (χ0) is 20.3. The maximum absolute atomic E-state index is 12.9. The van der Waals surface area contributed by atoms with Gasteiger partial charge in [0, 0.05) is 34.3 Å². The van der Waals surface area contributed by atoms with Gasteiger partial charge in [0.15, 0.2) is 5.78 Å². The van der Waals surface area contributed by atoms with Crippen LogP contribution < -0.4 is 20.1 Å². The minimum atomic E-state index is 0.0737. The molecule has 0 radical (unpaired) electrons. The molecule has 2 heterocycles. The highest BCUT2D eigenvalue weighted by Gasteiger charge is 2.30. The quantitative estimate of drug-likeness (QED) is 0.593. The van der Waals surface area contributed by atoms with Crippen molar-refractivity contribution in [3.63, 3.8) is 0 Å². The number of hydrogen-bond acceptors (Lipinski definition) is 5. The zero-order valence-corrected chi connectivity index (χ0v) is 17.4. The summed E-state index contributed by atoms with van der Waals surface area (Å²) in [6, 6.07) is 12.7. The maximum atomic E-state index is 12.9. The van der Waals surface area contributed by atoms with E-state index in [-0.39, 0.29) is 5.78 Å². The molecular weight excluding hydrogens is 376 g/mol. The van der Waals surface area contributed by atoms with Crippen LogP contribution in [-0.2, 0) is 0 Å². The maximum Gasteiger partial charge on any atom is 0.194 e. The molecule has 2 N–H and O–H groups in total. The Hall–Kier alpha value is -2.37. The second-order valence-electron chi connectivity index (χ2n) is 8.58. The number of fused-ring (bicyclic) bond motifs is 3. The van der Waals surface area contributed by atoms with Crippen molar-refractivity contribution < 1.29 is 14.3 Å². The number of ketones is 1. The topological polar surface area (TPSA) is 59.6 Å². The van der Waals surface area contributed by atoms with Crippen molar-refractivity contribution in [1.29, 1.82) is 0 Å². The van der Waals surface area contributed by atoms with Gasteiger partial charge in [0.2, 0.25) is 0 Å². The highest BCUT2D eigenvalue weighted by Crippen LogP contribution is 2.44. The van der Waals surface area contributed by atoms with Crippen LogP contribution in [0.15, 0.2) is 36.4 Å². The Labute approximate surface area is 178 Å². The number of rotatable bonds is 8. The molecular formula is C25H30N2O3.